The third-order valence-electron chi connectivity index (χ3n) is 5.95. The van der Waals surface area contributed by atoms with Crippen LogP contribution in [0.4, 0.5) is 5.69 Å². The van der Waals surface area contributed by atoms with E-state index in [1.54, 1.807) is 88.5 Å². The van der Waals surface area contributed by atoms with Crippen molar-refractivity contribution in [2.45, 2.75) is 32.9 Å². The van der Waals surface area contributed by atoms with Gasteiger partial charge in [-0.25, -0.2) is 4.79 Å². The summed E-state index contributed by atoms with van der Waals surface area (Å²) < 4.78 is 10.5. The highest BCUT2D eigenvalue weighted by Gasteiger charge is 2.47. The maximum absolute atomic E-state index is 13.4. The molecule has 3 aromatic carbocycles. The van der Waals surface area contributed by atoms with Gasteiger partial charge in [-0.15, -0.1) is 0 Å². The lowest BCUT2D eigenvalue weighted by Crippen LogP contribution is -2.29. The van der Waals surface area contributed by atoms with E-state index in [2.05, 4.69) is 0 Å². The van der Waals surface area contributed by atoms with Gasteiger partial charge < -0.3 is 14.6 Å². The molecule has 1 saturated heterocycles. The molecule has 0 bridgehead atoms. The molecule has 0 aliphatic carbocycles. The minimum absolute atomic E-state index is 0.0328. The number of nitrogens with zero attached hydrogens (tertiary/aromatic N) is 1. The highest BCUT2D eigenvalue weighted by Crippen LogP contribution is 2.42. The first kappa shape index (κ1) is 24.7. The van der Waals surface area contributed by atoms with Gasteiger partial charge in [0.25, 0.3) is 11.7 Å². The third-order valence-corrected chi connectivity index (χ3v) is 5.95. The van der Waals surface area contributed by atoms with Crippen LogP contribution in [0.15, 0.2) is 78.4 Å². The van der Waals surface area contributed by atoms with E-state index in [1.807, 2.05) is 6.07 Å². The number of methoxy groups -OCH3 is 1. The summed E-state index contributed by atoms with van der Waals surface area (Å²) in [5.41, 5.74) is 2.30. The molecular weight excluding hydrogens is 458 g/mol. The van der Waals surface area contributed by atoms with Crippen molar-refractivity contribution in [1.29, 1.82) is 0 Å². The standard InChI is InChI=1S/C29H27NO6/c1-17(2)36-29(34)20-11-8-12-21(16-20)30-25(19-9-6-5-7-10-19)24(27(32)28(30)33)26(31)23-14-13-22(35-4)15-18(23)3/h5-17,25,31H,1-4H3/b26-24-. The van der Waals surface area contributed by atoms with E-state index in [9.17, 15) is 19.5 Å². The number of aliphatic hydroxyl groups is 1. The van der Waals surface area contributed by atoms with Crippen molar-refractivity contribution in [3.05, 3.63) is 101 Å². The molecule has 0 aromatic heterocycles. The number of aliphatic hydroxyl groups excluding tert-OH is 1. The van der Waals surface area contributed by atoms with Crippen LogP contribution in [0.2, 0.25) is 0 Å². The molecule has 1 atom stereocenters. The lowest BCUT2D eigenvalue weighted by molar-refractivity contribution is -0.132. The van der Waals surface area contributed by atoms with Crippen molar-refractivity contribution in [3.8, 4) is 5.75 Å². The van der Waals surface area contributed by atoms with Crippen LogP contribution in [-0.4, -0.2) is 36.0 Å². The maximum Gasteiger partial charge on any atom is 0.338 e. The van der Waals surface area contributed by atoms with Gasteiger partial charge in [0.1, 0.15) is 11.5 Å². The molecule has 1 unspecified atom stereocenters. The number of benzene rings is 3. The summed E-state index contributed by atoms with van der Waals surface area (Å²) in [4.78, 5) is 40.6. The highest BCUT2D eigenvalue weighted by atomic mass is 16.5. The van der Waals surface area contributed by atoms with Gasteiger partial charge in [-0.1, -0.05) is 36.4 Å². The highest BCUT2D eigenvalue weighted by molar-refractivity contribution is 6.51. The number of rotatable bonds is 6. The lowest BCUT2D eigenvalue weighted by atomic mass is 9.93. The molecule has 4 rings (SSSR count). The molecule has 0 spiro atoms. The molecule has 3 aromatic rings. The summed E-state index contributed by atoms with van der Waals surface area (Å²) in [6.45, 7) is 5.28. The van der Waals surface area contributed by atoms with E-state index in [0.29, 0.717) is 28.1 Å². The molecule has 0 radical (unpaired) electrons. The fourth-order valence-electron chi connectivity index (χ4n) is 4.29. The van der Waals surface area contributed by atoms with E-state index in [4.69, 9.17) is 9.47 Å². The van der Waals surface area contributed by atoms with Gasteiger partial charge in [0.05, 0.1) is 30.4 Å². The zero-order valence-electron chi connectivity index (χ0n) is 20.5. The van der Waals surface area contributed by atoms with Gasteiger partial charge in [0.2, 0.25) is 0 Å². The molecule has 7 nitrogen and oxygen atoms in total. The second kappa shape index (κ2) is 10.1. The van der Waals surface area contributed by atoms with Crippen molar-refractivity contribution in [3.63, 3.8) is 0 Å². The van der Waals surface area contributed by atoms with Crippen LogP contribution < -0.4 is 9.64 Å². The second-order valence-corrected chi connectivity index (χ2v) is 8.77. The Bertz CT molecular complexity index is 1360. The van der Waals surface area contributed by atoms with Gasteiger partial charge >= 0.3 is 5.97 Å². The molecule has 1 fully saturated rings. The molecular formula is C29H27NO6. The Hall–Kier alpha value is -4.39. The van der Waals surface area contributed by atoms with Crippen LogP contribution in [-0.2, 0) is 14.3 Å². The van der Waals surface area contributed by atoms with Gasteiger partial charge in [-0.2, -0.15) is 0 Å². The zero-order chi connectivity index (χ0) is 26.0. The molecule has 1 heterocycles. The Morgan fingerprint density at radius 1 is 0.972 bits per heavy atom. The van der Waals surface area contributed by atoms with Crippen molar-refractivity contribution in [2.24, 2.45) is 0 Å². The minimum Gasteiger partial charge on any atom is -0.507 e. The largest absolute Gasteiger partial charge is 0.507 e. The number of ether oxygens (including phenoxy) is 2. The average Bonchev–Trinajstić information content (AvgIpc) is 3.14. The molecule has 1 aliphatic rings. The van der Waals surface area contributed by atoms with Crippen molar-refractivity contribution >= 4 is 29.1 Å². The zero-order valence-corrected chi connectivity index (χ0v) is 20.5. The summed E-state index contributed by atoms with van der Waals surface area (Å²) >= 11 is 0. The van der Waals surface area contributed by atoms with Crippen LogP contribution >= 0.6 is 0 Å². The normalized spacial score (nSPS) is 16.9. The third kappa shape index (κ3) is 4.60. The Labute approximate surface area is 209 Å². The van der Waals surface area contributed by atoms with Crippen LogP contribution in [0.3, 0.4) is 0 Å². The number of hydrogen-bond acceptors (Lipinski definition) is 6. The van der Waals surface area contributed by atoms with E-state index in [0.717, 1.165) is 0 Å². The SMILES string of the molecule is COc1ccc(/C(O)=C2/C(=O)C(=O)N(c3cccc(C(=O)OC(C)C)c3)C2c2ccccc2)c(C)c1. The molecule has 1 aliphatic heterocycles. The molecule has 0 saturated carbocycles. The van der Waals surface area contributed by atoms with Crippen LogP contribution in [0.1, 0.15) is 46.9 Å². The topological polar surface area (TPSA) is 93.1 Å². The summed E-state index contributed by atoms with van der Waals surface area (Å²) in [6.07, 6.45) is -0.313. The number of Topliss-reactive ketones (excluding diaryl/α,β-unsaturated/α-hetero) is 1. The second-order valence-electron chi connectivity index (χ2n) is 8.77. The number of anilines is 1. The Morgan fingerprint density at radius 2 is 1.69 bits per heavy atom. The molecule has 1 amide bonds. The molecule has 36 heavy (non-hydrogen) atoms. The monoisotopic (exact) mass is 485 g/mol. The maximum atomic E-state index is 13.4. The Morgan fingerprint density at radius 3 is 2.33 bits per heavy atom. The predicted molar refractivity (Wildman–Crippen MR) is 136 cm³/mol. The van der Waals surface area contributed by atoms with Gasteiger partial charge in [-0.3, -0.25) is 14.5 Å². The van der Waals surface area contributed by atoms with Crippen molar-refractivity contribution in [2.75, 3.05) is 12.0 Å². The average molecular weight is 486 g/mol. The predicted octanol–water partition coefficient (Wildman–Crippen LogP) is 5.20. The van der Waals surface area contributed by atoms with Crippen molar-refractivity contribution < 1.29 is 29.0 Å². The number of carbonyl (C=O) groups is 3. The van der Waals surface area contributed by atoms with Gasteiger partial charge in [0, 0.05) is 11.3 Å². The number of amides is 1. The van der Waals surface area contributed by atoms with Crippen LogP contribution in [0.5, 0.6) is 5.75 Å². The first-order valence-electron chi connectivity index (χ1n) is 11.5. The first-order valence-corrected chi connectivity index (χ1v) is 11.5. The smallest absolute Gasteiger partial charge is 0.338 e. The van der Waals surface area contributed by atoms with Crippen molar-refractivity contribution in [1.82, 2.24) is 0 Å². The van der Waals surface area contributed by atoms with Gasteiger partial charge in [0.15, 0.2) is 0 Å². The molecule has 7 heteroatoms. The number of esters is 1. The number of carbonyl (C=O) groups excluding carboxylic acids is 3. The van der Waals surface area contributed by atoms with E-state index >= 15 is 0 Å². The fourth-order valence-corrected chi connectivity index (χ4v) is 4.29. The Balaban J connectivity index is 1.89. The summed E-state index contributed by atoms with van der Waals surface area (Å²) in [5, 5.41) is 11.4. The molecule has 184 valence electrons. The van der Waals surface area contributed by atoms with Crippen LogP contribution in [0.25, 0.3) is 5.76 Å². The molecule has 1 N–H and O–H groups in total. The van der Waals surface area contributed by atoms with E-state index in [-0.39, 0.29) is 23.0 Å². The summed E-state index contributed by atoms with van der Waals surface area (Å²) in [6, 6.07) is 19.5. The number of hydrogen-bond donors (Lipinski definition) is 1. The fraction of sp³-hybridized carbons (Fsp3) is 0.207. The van der Waals surface area contributed by atoms with E-state index < -0.39 is 23.7 Å². The van der Waals surface area contributed by atoms with E-state index in [1.165, 1.54) is 11.0 Å². The van der Waals surface area contributed by atoms with Crippen LogP contribution in [0, 0.1) is 6.92 Å². The summed E-state index contributed by atoms with van der Waals surface area (Å²) in [5.74, 6) is -1.82. The lowest BCUT2D eigenvalue weighted by Gasteiger charge is -2.26. The quantitative estimate of drug-likeness (QED) is 0.223. The minimum atomic E-state index is -0.899. The number of aryl methyl sites for hydroxylation is 1. The summed E-state index contributed by atoms with van der Waals surface area (Å²) in [7, 11) is 1.54. The first-order chi connectivity index (χ1) is 17.2. The number of ketones is 1. The van der Waals surface area contributed by atoms with Gasteiger partial charge in [-0.05, 0) is 68.3 Å². The Kier molecular flexibility index (Phi) is 6.92.